The van der Waals surface area contributed by atoms with Gasteiger partial charge in [0, 0.05) is 0 Å². The van der Waals surface area contributed by atoms with Crippen LogP contribution in [0.5, 0.6) is 0 Å². The number of hydrogen-bond acceptors (Lipinski definition) is 3. The van der Waals surface area contributed by atoms with Crippen LogP contribution in [0.15, 0.2) is 54.6 Å². The smallest absolute Gasteiger partial charge is 0.414 e. The highest BCUT2D eigenvalue weighted by molar-refractivity contribution is 5.87. The Labute approximate surface area is 122 Å². The van der Waals surface area contributed by atoms with Crippen LogP contribution in [0.3, 0.4) is 0 Å². The SMILES string of the molecule is O=C(OCc1ccccc1)N(CCO)c1cccc(F)c1. The predicted octanol–water partition coefficient (Wildman–Crippen LogP) is 2.96. The van der Waals surface area contributed by atoms with E-state index in [0.717, 1.165) is 5.56 Å². The molecule has 0 aliphatic heterocycles. The number of amides is 1. The van der Waals surface area contributed by atoms with Gasteiger partial charge in [-0.3, -0.25) is 4.90 Å². The van der Waals surface area contributed by atoms with Gasteiger partial charge in [0.2, 0.25) is 0 Å². The highest BCUT2D eigenvalue weighted by atomic mass is 19.1. The van der Waals surface area contributed by atoms with Gasteiger partial charge in [-0.1, -0.05) is 36.4 Å². The summed E-state index contributed by atoms with van der Waals surface area (Å²) in [5.41, 5.74) is 1.20. The Bertz CT molecular complexity index is 589. The Morgan fingerprint density at radius 1 is 1.14 bits per heavy atom. The van der Waals surface area contributed by atoms with E-state index in [9.17, 15) is 9.18 Å². The molecule has 4 nitrogen and oxygen atoms in total. The summed E-state index contributed by atoms with van der Waals surface area (Å²) < 4.78 is 18.4. The lowest BCUT2D eigenvalue weighted by molar-refractivity contribution is 0.145. The maximum Gasteiger partial charge on any atom is 0.414 e. The molecule has 0 heterocycles. The Morgan fingerprint density at radius 2 is 1.90 bits per heavy atom. The highest BCUT2D eigenvalue weighted by Crippen LogP contribution is 2.17. The first-order chi connectivity index (χ1) is 10.2. The fourth-order valence-electron chi connectivity index (χ4n) is 1.87. The molecule has 2 aromatic carbocycles. The first kappa shape index (κ1) is 15.0. The molecule has 0 spiro atoms. The van der Waals surface area contributed by atoms with Crippen molar-refractivity contribution in [3.63, 3.8) is 0 Å². The second kappa shape index (κ2) is 7.40. The summed E-state index contributed by atoms with van der Waals surface area (Å²) in [4.78, 5) is 13.3. The Kier molecular flexibility index (Phi) is 5.29. The predicted molar refractivity (Wildman–Crippen MR) is 77.5 cm³/mol. The third-order valence-corrected chi connectivity index (χ3v) is 2.87. The van der Waals surface area contributed by atoms with Gasteiger partial charge in [0.05, 0.1) is 18.8 Å². The average Bonchev–Trinajstić information content (AvgIpc) is 2.51. The minimum Gasteiger partial charge on any atom is -0.444 e. The van der Waals surface area contributed by atoms with E-state index in [-0.39, 0.29) is 19.8 Å². The number of hydrogen-bond donors (Lipinski definition) is 1. The minimum absolute atomic E-state index is 0.0388. The molecule has 0 aliphatic carbocycles. The molecule has 21 heavy (non-hydrogen) atoms. The monoisotopic (exact) mass is 289 g/mol. The van der Waals surface area contributed by atoms with Crippen molar-refractivity contribution in [3.8, 4) is 0 Å². The van der Waals surface area contributed by atoms with Gasteiger partial charge in [-0.15, -0.1) is 0 Å². The molecule has 0 radical (unpaired) electrons. The Morgan fingerprint density at radius 3 is 2.57 bits per heavy atom. The van der Waals surface area contributed by atoms with Crippen LogP contribution >= 0.6 is 0 Å². The molecule has 1 N–H and O–H groups in total. The minimum atomic E-state index is -0.626. The zero-order chi connectivity index (χ0) is 15.1. The highest BCUT2D eigenvalue weighted by Gasteiger charge is 2.17. The largest absolute Gasteiger partial charge is 0.444 e. The van der Waals surface area contributed by atoms with E-state index in [2.05, 4.69) is 0 Å². The van der Waals surface area contributed by atoms with E-state index in [1.807, 2.05) is 30.3 Å². The number of anilines is 1. The summed E-state index contributed by atoms with van der Waals surface area (Å²) in [6.07, 6.45) is -0.626. The van der Waals surface area contributed by atoms with E-state index in [0.29, 0.717) is 5.69 Å². The number of aliphatic hydroxyl groups is 1. The van der Waals surface area contributed by atoms with Gasteiger partial charge in [-0.2, -0.15) is 0 Å². The number of rotatable bonds is 5. The molecule has 0 bridgehead atoms. The molecule has 0 saturated heterocycles. The van der Waals surface area contributed by atoms with Crippen molar-refractivity contribution >= 4 is 11.8 Å². The molecule has 2 aromatic rings. The van der Waals surface area contributed by atoms with E-state index in [1.54, 1.807) is 6.07 Å². The fourth-order valence-corrected chi connectivity index (χ4v) is 1.87. The van der Waals surface area contributed by atoms with Crippen molar-refractivity contribution in [1.29, 1.82) is 0 Å². The average molecular weight is 289 g/mol. The van der Waals surface area contributed by atoms with Crippen LogP contribution in [-0.2, 0) is 11.3 Å². The molecule has 0 fully saturated rings. The molecule has 2 rings (SSSR count). The standard InChI is InChI=1S/C16H16FNO3/c17-14-7-4-8-15(11-14)18(9-10-19)16(20)21-12-13-5-2-1-3-6-13/h1-8,11,19H,9-10,12H2. The number of carbonyl (C=O) groups is 1. The number of halogens is 1. The number of benzene rings is 2. The van der Waals surface area contributed by atoms with Gasteiger partial charge in [-0.05, 0) is 23.8 Å². The number of ether oxygens (including phenoxy) is 1. The molecule has 0 saturated carbocycles. The zero-order valence-electron chi connectivity index (χ0n) is 11.4. The van der Waals surface area contributed by atoms with Crippen molar-refractivity contribution in [2.75, 3.05) is 18.1 Å². The summed E-state index contributed by atoms with van der Waals surface area (Å²) in [5.74, 6) is -0.453. The maximum absolute atomic E-state index is 13.2. The maximum atomic E-state index is 13.2. The summed E-state index contributed by atoms with van der Waals surface area (Å²) in [5, 5.41) is 9.06. The van der Waals surface area contributed by atoms with Gasteiger partial charge in [0.25, 0.3) is 0 Å². The van der Waals surface area contributed by atoms with Crippen LogP contribution in [-0.4, -0.2) is 24.4 Å². The lowest BCUT2D eigenvalue weighted by Gasteiger charge is -2.21. The van der Waals surface area contributed by atoms with Crippen molar-refractivity contribution in [1.82, 2.24) is 0 Å². The van der Waals surface area contributed by atoms with E-state index in [4.69, 9.17) is 9.84 Å². The molecule has 1 amide bonds. The summed E-state index contributed by atoms with van der Waals surface area (Å²) >= 11 is 0. The fraction of sp³-hybridized carbons (Fsp3) is 0.188. The Hall–Kier alpha value is -2.40. The summed E-state index contributed by atoms with van der Waals surface area (Å²) in [6.45, 7) is -0.0784. The van der Waals surface area contributed by atoms with Gasteiger partial charge in [0.15, 0.2) is 0 Å². The first-order valence-electron chi connectivity index (χ1n) is 6.55. The molecule has 110 valence electrons. The lowest BCUT2D eigenvalue weighted by atomic mass is 10.2. The molecular weight excluding hydrogens is 273 g/mol. The van der Waals surface area contributed by atoms with Crippen LogP contribution in [0.4, 0.5) is 14.9 Å². The first-order valence-corrected chi connectivity index (χ1v) is 6.55. The second-order valence-electron chi connectivity index (χ2n) is 4.40. The number of nitrogens with zero attached hydrogens (tertiary/aromatic N) is 1. The summed E-state index contributed by atoms with van der Waals surface area (Å²) in [6, 6.07) is 14.8. The van der Waals surface area contributed by atoms with Crippen LogP contribution in [0.25, 0.3) is 0 Å². The normalized spacial score (nSPS) is 10.2. The van der Waals surface area contributed by atoms with Gasteiger partial charge < -0.3 is 9.84 Å². The van der Waals surface area contributed by atoms with Crippen molar-refractivity contribution in [2.24, 2.45) is 0 Å². The van der Waals surface area contributed by atoms with Crippen LogP contribution in [0, 0.1) is 5.82 Å². The number of carbonyl (C=O) groups excluding carboxylic acids is 1. The van der Waals surface area contributed by atoms with Gasteiger partial charge >= 0.3 is 6.09 Å². The second-order valence-corrected chi connectivity index (χ2v) is 4.40. The zero-order valence-corrected chi connectivity index (χ0v) is 11.4. The third kappa shape index (κ3) is 4.29. The summed E-state index contributed by atoms with van der Waals surface area (Å²) in [7, 11) is 0. The van der Waals surface area contributed by atoms with Crippen molar-refractivity contribution < 1.29 is 19.0 Å². The third-order valence-electron chi connectivity index (χ3n) is 2.87. The van der Waals surface area contributed by atoms with Crippen molar-refractivity contribution in [3.05, 3.63) is 66.0 Å². The van der Waals surface area contributed by atoms with Crippen LogP contribution in [0.2, 0.25) is 0 Å². The van der Waals surface area contributed by atoms with Crippen LogP contribution in [0.1, 0.15) is 5.56 Å². The Balaban J connectivity index is 2.05. The van der Waals surface area contributed by atoms with Crippen LogP contribution < -0.4 is 4.90 Å². The molecule has 0 unspecified atom stereocenters. The molecular formula is C16H16FNO3. The van der Waals surface area contributed by atoms with E-state index in [1.165, 1.54) is 23.1 Å². The number of aliphatic hydroxyl groups excluding tert-OH is 1. The molecule has 0 aliphatic rings. The van der Waals surface area contributed by atoms with E-state index >= 15 is 0 Å². The molecule has 0 aromatic heterocycles. The lowest BCUT2D eigenvalue weighted by Crippen LogP contribution is -2.34. The van der Waals surface area contributed by atoms with Gasteiger partial charge in [-0.25, -0.2) is 9.18 Å². The molecule has 0 atom stereocenters. The molecule has 5 heteroatoms. The quantitative estimate of drug-likeness (QED) is 0.920. The van der Waals surface area contributed by atoms with E-state index < -0.39 is 11.9 Å². The topological polar surface area (TPSA) is 49.8 Å². The van der Waals surface area contributed by atoms with Crippen molar-refractivity contribution in [2.45, 2.75) is 6.61 Å². The van der Waals surface area contributed by atoms with Gasteiger partial charge in [0.1, 0.15) is 12.4 Å².